The van der Waals surface area contributed by atoms with Crippen molar-refractivity contribution >= 4 is 17.7 Å². The van der Waals surface area contributed by atoms with Crippen molar-refractivity contribution in [1.29, 1.82) is 0 Å². The number of imidazole rings is 1. The molecule has 0 radical (unpaired) electrons. The van der Waals surface area contributed by atoms with E-state index in [-0.39, 0.29) is 30.9 Å². The van der Waals surface area contributed by atoms with Crippen molar-refractivity contribution in [3.05, 3.63) is 71.7 Å². The van der Waals surface area contributed by atoms with Crippen LogP contribution in [-0.2, 0) is 16.1 Å². The minimum Gasteiger partial charge on any atom is -0.444 e. The highest BCUT2D eigenvalue weighted by atomic mass is 19.1. The Hall–Kier alpha value is -3.99. The van der Waals surface area contributed by atoms with E-state index in [9.17, 15) is 23.5 Å². The summed E-state index contributed by atoms with van der Waals surface area (Å²) in [6.07, 6.45) is 1.41. The zero-order valence-electron chi connectivity index (χ0n) is 25.1. The van der Waals surface area contributed by atoms with Crippen molar-refractivity contribution in [1.82, 2.24) is 19.8 Å². The van der Waals surface area contributed by atoms with E-state index in [0.717, 1.165) is 23.8 Å². The molecule has 1 aromatic heterocycles. The average molecular weight is 586 g/mol. The molecular weight excluding hydrogens is 544 g/mol. The summed E-state index contributed by atoms with van der Waals surface area (Å²) in [5, 5.41) is 12.6. The van der Waals surface area contributed by atoms with E-state index in [4.69, 9.17) is 15.5 Å². The predicted octanol–water partition coefficient (Wildman–Crippen LogP) is 5.28. The smallest absolute Gasteiger partial charge is 0.407 e. The van der Waals surface area contributed by atoms with Crippen LogP contribution < -0.4 is 11.1 Å². The number of aromatic nitrogens is 2. The number of alkyl carbamates (subject to hydrolysis) is 1. The Morgan fingerprint density at radius 1 is 1.12 bits per heavy atom. The molecular formula is C31H41F2N5O4. The molecule has 2 aromatic carbocycles. The lowest BCUT2D eigenvalue weighted by atomic mass is 9.84. The first kappa shape index (κ1) is 32.5. The number of nitrogens with two attached hydrogens (primary N) is 1. The van der Waals surface area contributed by atoms with E-state index >= 15 is 0 Å². The number of aliphatic hydroxyl groups excluding tert-OH is 1. The number of anilines is 1. The number of benzene rings is 2. The van der Waals surface area contributed by atoms with Crippen LogP contribution >= 0.6 is 0 Å². The van der Waals surface area contributed by atoms with Crippen LogP contribution in [0.3, 0.4) is 0 Å². The molecule has 11 heteroatoms. The lowest BCUT2D eigenvalue weighted by Crippen LogP contribution is -2.45. The monoisotopic (exact) mass is 585 g/mol. The first-order valence-electron chi connectivity index (χ1n) is 13.8. The number of nitrogens with zero attached hydrogens (tertiary/aromatic N) is 3. The van der Waals surface area contributed by atoms with Gasteiger partial charge in [0.15, 0.2) is 0 Å². The normalized spacial score (nSPS) is 12.6. The van der Waals surface area contributed by atoms with Gasteiger partial charge in [0, 0.05) is 37.1 Å². The van der Waals surface area contributed by atoms with Crippen LogP contribution in [0.15, 0.2) is 48.7 Å². The largest absolute Gasteiger partial charge is 0.444 e. The second kappa shape index (κ2) is 13.3. The molecule has 0 aliphatic carbocycles. The Bertz CT molecular complexity index is 1390. The van der Waals surface area contributed by atoms with Crippen LogP contribution in [0, 0.1) is 17.0 Å². The topological polar surface area (TPSA) is 123 Å². The summed E-state index contributed by atoms with van der Waals surface area (Å²) in [5.41, 5.74) is 6.33. The summed E-state index contributed by atoms with van der Waals surface area (Å²) < 4.78 is 36.1. The molecule has 0 spiro atoms. The number of nitrogen functional groups attached to an aromatic ring is 1. The van der Waals surface area contributed by atoms with E-state index < -0.39 is 47.3 Å². The number of carbonyl (C=O) groups excluding carboxylic acids is 2. The van der Waals surface area contributed by atoms with Crippen LogP contribution in [-0.4, -0.2) is 56.9 Å². The Morgan fingerprint density at radius 2 is 1.83 bits per heavy atom. The van der Waals surface area contributed by atoms with Gasteiger partial charge in [-0.15, -0.1) is 0 Å². The molecule has 3 aromatic rings. The molecule has 0 bridgehead atoms. The molecule has 228 valence electrons. The van der Waals surface area contributed by atoms with Crippen LogP contribution in [0.25, 0.3) is 11.3 Å². The maximum absolute atomic E-state index is 14.9. The van der Waals surface area contributed by atoms with Crippen molar-refractivity contribution in [2.24, 2.45) is 5.41 Å². The Labute approximate surface area is 245 Å². The molecule has 0 aliphatic rings. The summed E-state index contributed by atoms with van der Waals surface area (Å²) in [5.74, 6) is -1.37. The Morgan fingerprint density at radius 3 is 2.45 bits per heavy atom. The van der Waals surface area contributed by atoms with Crippen LogP contribution in [0.2, 0.25) is 0 Å². The third-order valence-electron chi connectivity index (χ3n) is 6.39. The quantitative estimate of drug-likeness (QED) is 0.220. The lowest BCUT2D eigenvalue weighted by Gasteiger charge is -2.40. The van der Waals surface area contributed by atoms with Gasteiger partial charge in [0.25, 0.3) is 0 Å². The zero-order valence-corrected chi connectivity index (χ0v) is 25.1. The highest BCUT2D eigenvalue weighted by molar-refractivity contribution is 5.77. The van der Waals surface area contributed by atoms with E-state index in [1.165, 1.54) is 4.90 Å². The minimum absolute atomic E-state index is 0.0168. The number of nitrogens with one attached hydrogen (secondary N) is 1. The van der Waals surface area contributed by atoms with Gasteiger partial charge in [-0.1, -0.05) is 32.9 Å². The third kappa shape index (κ3) is 8.75. The van der Waals surface area contributed by atoms with Crippen molar-refractivity contribution in [2.45, 2.75) is 66.2 Å². The lowest BCUT2D eigenvalue weighted by molar-refractivity contribution is -0.139. The molecule has 1 unspecified atom stereocenters. The fraction of sp³-hybridized carbons (Fsp3) is 0.452. The second-order valence-electron chi connectivity index (χ2n) is 12.3. The third-order valence-corrected chi connectivity index (χ3v) is 6.39. The fourth-order valence-corrected chi connectivity index (χ4v) is 4.72. The molecule has 42 heavy (non-hydrogen) atoms. The highest BCUT2D eigenvalue weighted by Gasteiger charge is 2.38. The first-order valence-corrected chi connectivity index (χ1v) is 13.8. The van der Waals surface area contributed by atoms with Crippen molar-refractivity contribution < 1.29 is 28.2 Å². The summed E-state index contributed by atoms with van der Waals surface area (Å²) in [6.45, 7) is 11.0. The van der Waals surface area contributed by atoms with Gasteiger partial charge in [-0.3, -0.25) is 4.79 Å². The molecule has 0 aliphatic heterocycles. The summed E-state index contributed by atoms with van der Waals surface area (Å²) >= 11 is 0. The van der Waals surface area contributed by atoms with E-state index in [1.807, 2.05) is 32.9 Å². The molecule has 0 fully saturated rings. The van der Waals surface area contributed by atoms with Crippen LogP contribution in [0.5, 0.6) is 0 Å². The Kier molecular flexibility index (Phi) is 10.3. The number of halogens is 2. The minimum atomic E-state index is -0.743. The standard InChI is InChI=1S/C31H41F2N5O4/c1-30(2,3)27(38(26(40)19-39)14-8-13-35-29(41)42-31(4,5)6)28-36-25(23-16-21(32)11-12-24(23)33)18-37(28)17-20-9-7-10-22(34)15-20/h7,9-12,15-16,18,27,39H,8,13-14,17,19,34H2,1-6H3,(H,35,41). The molecule has 0 saturated carbocycles. The molecule has 2 amide bonds. The SMILES string of the molecule is CC(C)(C)OC(=O)NCCCN(C(=O)CO)C(c1nc(-c2cc(F)ccc2F)cn1Cc1cccc(N)c1)C(C)(C)C. The van der Waals surface area contributed by atoms with Gasteiger partial charge in [0.1, 0.15) is 29.7 Å². The average Bonchev–Trinajstić information content (AvgIpc) is 3.27. The van der Waals surface area contributed by atoms with Gasteiger partial charge in [0.05, 0.1) is 11.7 Å². The van der Waals surface area contributed by atoms with Crippen molar-refractivity contribution in [3.8, 4) is 11.3 Å². The van der Waals surface area contributed by atoms with E-state index in [2.05, 4.69) is 5.32 Å². The number of hydrogen-bond acceptors (Lipinski definition) is 6. The van der Waals surface area contributed by atoms with Crippen LogP contribution in [0.4, 0.5) is 19.3 Å². The van der Waals surface area contributed by atoms with Gasteiger partial charge < -0.3 is 30.4 Å². The number of ether oxygens (including phenoxy) is 1. The molecule has 4 N–H and O–H groups in total. The van der Waals surface area contributed by atoms with Gasteiger partial charge >= 0.3 is 6.09 Å². The molecule has 1 heterocycles. The first-order chi connectivity index (χ1) is 19.6. The second-order valence-corrected chi connectivity index (χ2v) is 12.3. The Balaban J connectivity index is 2.04. The number of hydrogen-bond donors (Lipinski definition) is 3. The van der Waals surface area contributed by atoms with Gasteiger partial charge in [-0.25, -0.2) is 18.6 Å². The van der Waals surface area contributed by atoms with Gasteiger partial charge in [0.2, 0.25) is 5.91 Å². The molecule has 3 rings (SSSR count). The molecule has 9 nitrogen and oxygen atoms in total. The van der Waals surface area contributed by atoms with Crippen LogP contribution in [0.1, 0.15) is 65.4 Å². The maximum atomic E-state index is 14.9. The number of amides is 2. The summed E-state index contributed by atoms with van der Waals surface area (Å²) in [4.78, 5) is 31.6. The summed E-state index contributed by atoms with van der Waals surface area (Å²) in [7, 11) is 0. The highest BCUT2D eigenvalue weighted by Crippen LogP contribution is 2.39. The number of aliphatic hydroxyl groups is 1. The maximum Gasteiger partial charge on any atom is 0.407 e. The predicted molar refractivity (Wildman–Crippen MR) is 157 cm³/mol. The van der Waals surface area contributed by atoms with Gasteiger partial charge in [-0.2, -0.15) is 0 Å². The van der Waals surface area contributed by atoms with Crippen molar-refractivity contribution in [3.63, 3.8) is 0 Å². The molecule has 1 atom stereocenters. The molecule has 0 saturated heterocycles. The number of rotatable bonds is 10. The van der Waals surface area contributed by atoms with Crippen molar-refractivity contribution in [2.75, 3.05) is 25.4 Å². The summed E-state index contributed by atoms with van der Waals surface area (Å²) in [6, 6.07) is 9.73. The zero-order chi connectivity index (χ0) is 31.2. The fourth-order valence-electron chi connectivity index (χ4n) is 4.72. The number of carbonyl (C=O) groups is 2. The van der Waals surface area contributed by atoms with E-state index in [0.29, 0.717) is 17.9 Å². The van der Waals surface area contributed by atoms with Gasteiger partial charge in [-0.05, 0) is 68.5 Å². The van der Waals surface area contributed by atoms with E-state index in [1.54, 1.807) is 43.7 Å².